The first kappa shape index (κ1) is 31.8. The zero-order chi connectivity index (χ0) is 36.4. The summed E-state index contributed by atoms with van der Waals surface area (Å²) in [5.74, 6) is 0.661. The normalized spacial score (nSPS) is 14.0. The van der Waals surface area contributed by atoms with E-state index in [9.17, 15) is 5.26 Å². The molecule has 2 aliphatic carbocycles. The van der Waals surface area contributed by atoms with Crippen molar-refractivity contribution in [2.45, 2.75) is 24.7 Å². The van der Waals surface area contributed by atoms with Crippen LogP contribution in [0.4, 0.5) is 0 Å². The van der Waals surface area contributed by atoms with Crippen LogP contribution >= 0.6 is 0 Å². The third-order valence-corrected chi connectivity index (χ3v) is 11.6. The van der Waals surface area contributed by atoms with Crippen molar-refractivity contribution in [1.29, 1.82) is 5.26 Å². The van der Waals surface area contributed by atoms with E-state index in [0.29, 0.717) is 11.4 Å². The molecule has 1 spiro atoms. The van der Waals surface area contributed by atoms with Gasteiger partial charge in [-0.3, -0.25) is 0 Å². The Balaban J connectivity index is 1.13. The maximum atomic E-state index is 9.39. The summed E-state index contributed by atoms with van der Waals surface area (Å²) < 4.78 is 0. The van der Waals surface area contributed by atoms with Crippen LogP contribution in [0.15, 0.2) is 176 Å². The highest BCUT2D eigenvalue weighted by atomic mass is 14.9. The molecule has 0 N–H and O–H groups in total. The van der Waals surface area contributed by atoms with Crippen LogP contribution in [0.1, 0.15) is 52.8 Å². The molecule has 7 aromatic carbocycles. The van der Waals surface area contributed by atoms with Gasteiger partial charge in [0.2, 0.25) is 0 Å². The lowest BCUT2D eigenvalue weighted by Gasteiger charge is -2.46. The molecule has 10 rings (SSSR count). The molecule has 254 valence electrons. The fraction of sp³-hybridized carbons (Fsp3) is 0.0784. The number of benzene rings is 7. The van der Waals surface area contributed by atoms with E-state index in [1.807, 2.05) is 54.6 Å². The Labute approximate surface area is 315 Å². The fourth-order valence-electron chi connectivity index (χ4n) is 9.08. The van der Waals surface area contributed by atoms with Gasteiger partial charge >= 0.3 is 0 Å². The van der Waals surface area contributed by atoms with Crippen LogP contribution in [0, 0.1) is 11.3 Å². The monoisotopic (exact) mass is 689 g/mol. The molecule has 1 aromatic heterocycles. The lowest BCUT2D eigenvalue weighted by molar-refractivity contribution is 0.563. The van der Waals surface area contributed by atoms with Crippen molar-refractivity contribution in [1.82, 2.24) is 9.97 Å². The Morgan fingerprint density at radius 2 is 0.926 bits per heavy atom. The summed E-state index contributed by atoms with van der Waals surface area (Å²) in [7, 11) is 0. The first-order chi connectivity index (χ1) is 26.5. The molecule has 0 saturated carbocycles. The zero-order valence-corrected chi connectivity index (χ0v) is 30.1. The Morgan fingerprint density at radius 1 is 0.407 bits per heavy atom. The third-order valence-electron chi connectivity index (χ3n) is 11.6. The molecule has 0 fully saturated rings. The second-order valence-electron chi connectivity index (χ2n) is 14.9. The number of hydrogen-bond acceptors (Lipinski definition) is 3. The molecule has 0 radical (unpaired) electrons. The van der Waals surface area contributed by atoms with Crippen LogP contribution in [0.3, 0.4) is 0 Å². The minimum absolute atomic E-state index is 0.127. The highest BCUT2D eigenvalue weighted by Gasteiger charge is 2.53. The average Bonchev–Trinajstić information content (AvgIpc) is 3.53. The first-order valence-corrected chi connectivity index (χ1v) is 18.5. The van der Waals surface area contributed by atoms with Gasteiger partial charge in [0.05, 0.1) is 28.4 Å². The average molecular weight is 690 g/mol. The highest BCUT2D eigenvalue weighted by Crippen LogP contribution is 2.62. The smallest absolute Gasteiger partial charge is 0.160 e. The van der Waals surface area contributed by atoms with Crippen LogP contribution in [-0.4, -0.2) is 9.97 Å². The fourth-order valence-corrected chi connectivity index (χ4v) is 9.08. The second kappa shape index (κ2) is 12.1. The Hall–Kier alpha value is -6.89. The molecule has 3 heteroatoms. The summed E-state index contributed by atoms with van der Waals surface area (Å²) in [5.41, 5.74) is 17.6. The van der Waals surface area contributed by atoms with E-state index in [-0.39, 0.29) is 5.41 Å². The largest absolute Gasteiger partial charge is 0.228 e. The van der Waals surface area contributed by atoms with Gasteiger partial charge in [-0.25, -0.2) is 9.97 Å². The van der Waals surface area contributed by atoms with Crippen molar-refractivity contribution < 1.29 is 0 Å². The van der Waals surface area contributed by atoms with Crippen molar-refractivity contribution in [3.05, 3.63) is 215 Å². The van der Waals surface area contributed by atoms with Crippen LogP contribution < -0.4 is 0 Å². The zero-order valence-electron chi connectivity index (χ0n) is 30.1. The Morgan fingerprint density at radius 3 is 1.61 bits per heavy atom. The van der Waals surface area contributed by atoms with Crippen LogP contribution in [0.5, 0.6) is 0 Å². The molecule has 0 amide bonds. The van der Waals surface area contributed by atoms with E-state index < -0.39 is 5.41 Å². The summed E-state index contributed by atoms with van der Waals surface area (Å²) in [6, 6.07) is 64.8. The number of fused-ring (bicyclic) bond motifs is 9. The highest BCUT2D eigenvalue weighted by molar-refractivity contribution is 5.91. The van der Waals surface area contributed by atoms with Crippen LogP contribution in [-0.2, 0) is 10.8 Å². The SMILES string of the molecule is CC1(C)c2ccccc2C2(c3ccccc3-c3cc(-c4cccc(-c5cc(-c6ccc(C#N)cc6)nc(-c6ccccc6)n5)c4)ccc32)c2ccccc21. The van der Waals surface area contributed by atoms with Crippen molar-refractivity contribution >= 4 is 0 Å². The van der Waals surface area contributed by atoms with E-state index in [0.717, 1.165) is 39.2 Å². The number of hydrogen-bond donors (Lipinski definition) is 0. The molecule has 0 unspecified atom stereocenters. The van der Waals surface area contributed by atoms with Crippen molar-refractivity contribution in [3.8, 4) is 62.2 Å². The molecular formula is C51H35N3. The quantitative estimate of drug-likeness (QED) is 0.185. The summed E-state index contributed by atoms with van der Waals surface area (Å²) in [5, 5.41) is 9.39. The number of nitriles is 1. The number of nitrogens with zero attached hydrogens (tertiary/aromatic N) is 3. The molecule has 3 nitrogen and oxygen atoms in total. The number of aromatic nitrogens is 2. The molecule has 0 aliphatic heterocycles. The molecule has 2 aliphatic rings. The predicted octanol–water partition coefficient (Wildman–Crippen LogP) is 12.0. The van der Waals surface area contributed by atoms with E-state index in [4.69, 9.17) is 9.97 Å². The maximum Gasteiger partial charge on any atom is 0.160 e. The molecule has 0 atom stereocenters. The van der Waals surface area contributed by atoms with E-state index in [1.165, 1.54) is 44.5 Å². The predicted molar refractivity (Wildman–Crippen MR) is 218 cm³/mol. The first-order valence-electron chi connectivity index (χ1n) is 18.5. The molecule has 1 heterocycles. The van der Waals surface area contributed by atoms with Gasteiger partial charge in [0.1, 0.15) is 0 Å². The molecule has 0 bridgehead atoms. The van der Waals surface area contributed by atoms with Gasteiger partial charge in [0, 0.05) is 22.1 Å². The molecule has 0 saturated heterocycles. The summed E-state index contributed by atoms with van der Waals surface area (Å²) in [4.78, 5) is 10.1. The maximum absolute atomic E-state index is 9.39. The van der Waals surface area contributed by atoms with Gasteiger partial charge in [0.15, 0.2) is 5.82 Å². The van der Waals surface area contributed by atoms with E-state index in [1.54, 1.807) is 0 Å². The summed E-state index contributed by atoms with van der Waals surface area (Å²) in [6.45, 7) is 4.73. The summed E-state index contributed by atoms with van der Waals surface area (Å²) in [6.07, 6.45) is 0. The Kier molecular flexibility index (Phi) is 7.12. The van der Waals surface area contributed by atoms with E-state index in [2.05, 4.69) is 141 Å². The Bertz CT molecular complexity index is 2760. The minimum atomic E-state index is -0.411. The van der Waals surface area contributed by atoms with Gasteiger partial charge < -0.3 is 0 Å². The topological polar surface area (TPSA) is 49.6 Å². The molecular weight excluding hydrogens is 655 g/mol. The molecule has 54 heavy (non-hydrogen) atoms. The molecule has 8 aromatic rings. The lowest BCUT2D eigenvalue weighted by Crippen LogP contribution is -2.40. The van der Waals surface area contributed by atoms with Crippen molar-refractivity contribution in [2.75, 3.05) is 0 Å². The minimum Gasteiger partial charge on any atom is -0.228 e. The standard InChI is InChI=1S/C51H35N3/c1-50(2)43-19-8-10-21-45(43)51(46-22-11-9-20-44(46)50)41-18-7-6-17-39(41)40-30-37(27-28-42(40)51)36-15-12-16-38(29-36)48-31-47(34-25-23-33(32-52)24-26-34)53-49(54-48)35-13-4-3-5-14-35/h3-31H,1-2H3. The number of rotatable bonds is 4. The van der Waals surface area contributed by atoms with Crippen molar-refractivity contribution in [2.24, 2.45) is 0 Å². The van der Waals surface area contributed by atoms with Crippen LogP contribution in [0.25, 0.3) is 56.2 Å². The van der Waals surface area contributed by atoms with E-state index >= 15 is 0 Å². The summed E-state index contributed by atoms with van der Waals surface area (Å²) >= 11 is 0. The van der Waals surface area contributed by atoms with Crippen molar-refractivity contribution in [3.63, 3.8) is 0 Å². The van der Waals surface area contributed by atoms with Gasteiger partial charge in [-0.1, -0.05) is 159 Å². The van der Waals surface area contributed by atoms with Gasteiger partial charge in [-0.15, -0.1) is 0 Å². The van der Waals surface area contributed by atoms with Gasteiger partial charge in [-0.2, -0.15) is 5.26 Å². The van der Waals surface area contributed by atoms with Gasteiger partial charge in [-0.05, 0) is 86.0 Å². The van der Waals surface area contributed by atoms with Gasteiger partial charge in [0.25, 0.3) is 0 Å². The lowest BCUT2D eigenvalue weighted by atomic mass is 9.55. The third kappa shape index (κ3) is 4.67. The van der Waals surface area contributed by atoms with Crippen LogP contribution in [0.2, 0.25) is 0 Å². The second-order valence-corrected chi connectivity index (χ2v) is 14.9.